The van der Waals surface area contributed by atoms with Gasteiger partial charge in [-0.2, -0.15) is 13.9 Å². The zero-order valence-corrected chi connectivity index (χ0v) is 15.8. The summed E-state index contributed by atoms with van der Waals surface area (Å²) < 4.78 is 60.2. The number of halogens is 4. The third-order valence-electron chi connectivity index (χ3n) is 4.42. The summed E-state index contributed by atoms with van der Waals surface area (Å²) in [5.74, 6) is -7.81. The maximum absolute atomic E-state index is 13.6. The van der Waals surface area contributed by atoms with Crippen LogP contribution in [0.25, 0.3) is 0 Å². The molecule has 3 aromatic rings. The highest BCUT2D eigenvalue weighted by molar-refractivity contribution is 6.04. The van der Waals surface area contributed by atoms with Gasteiger partial charge in [0.2, 0.25) is 11.6 Å². The number of nitrogens with zero attached hydrogens (tertiary/aromatic N) is 2. The Hall–Kier alpha value is -3.36. The zero-order valence-electron chi connectivity index (χ0n) is 15.8. The van der Waals surface area contributed by atoms with Crippen LogP contribution in [0.1, 0.15) is 27.3 Å². The first-order chi connectivity index (χ1) is 13.7. The predicted molar refractivity (Wildman–Crippen MR) is 97.7 cm³/mol. The first kappa shape index (κ1) is 20.4. The van der Waals surface area contributed by atoms with Crippen molar-refractivity contribution in [1.29, 1.82) is 0 Å². The molecule has 0 spiro atoms. The standard InChI is InChI=1S/C20H17F4N3O2/c1-10-18(11(2)27(3)26-10)25-20(28)13-6-4-12(5-7-13)9-29-19-16(23)14(21)8-15(22)17(19)24/h4-8H,9H2,1-3H3,(H,25,28). The topological polar surface area (TPSA) is 56.2 Å². The van der Waals surface area contributed by atoms with Crippen molar-refractivity contribution < 1.29 is 27.1 Å². The second kappa shape index (κ2) is 7.94. The Morgan fingerprint density at radius 1 is 1.07 bits per heavy atom. The van der Waals surface area contributed by atoms with E-state index in [0.29, 0.717) is 22.5 Å². The quantitative estimate of drug-likeness (QED) is 0.503. The number of anilines is 1. The Morgan fingerprint density at radius 3 is 2.17 bits per heavy atom. The van der Waals surface area contributed by atoms with Crippen molar-refractivity contribution >= 4 is 11.6 Å². The van der Waals surface area contributed by atoms with Gasteiger partial charge in [0.15, 0.2) is 17.4 Å². The van der Waals surface area contributed by atoms with Gasteiger partial charge >= 0.3 is 0 Å². The molecular weight excluding hydrogens is 390 g/mol. The van der Waals surface area contributed by atoms with E-state index < -0.39 is 29.0 Å². The molecule has 0 aliphatic carbocycles. The molecule has 2 aromatic carbocycles. The number of nitrogens with one attached hydrogen (secondary N) is 1. The van der Waals surface area contributed by atoms with Crippen LogP contribution in [0.4, 0.5) is 23.2 Å². The average molecular weight is 407 g/mol. The van der Waals surface area contributed by atoms with Gasteiger partial charge in [0, 0.05) is 18.7 Å². The summed E-state index contributed by atoms with van der Waals surface area (Å²) in [5, 5.41) is 7.01. The van der Waals surface area contributed by atoms with Gasteiger partial charge in [0.05, 0.1) is 17.1 Å². The molecule has 0 saturated carbocycles. The Bertz CT molecular complexity index is 1050. The molecule has 5 nitrogen and oxygen atoms in total. The molecule has 1 amide bonds. The van der Waals surface area contributed by atoms with Gasteiger partial charge in [0.25, 0.3) is 5.91 Å². The number of hydrogen-bond donors (Lipinski definition) is 1. The molecule has 0 aliphatic heterocycles. The van der Waals surface area contributed by atoms with E-state index in [4.69, 9.17) is 4.74 Å². The van der Waals surface area contributed by atoms with Crippen molar-refractivity contribution in [3.8, 4) is 5.75 Å². The monoisotopic (exact) mass is 407 g/mol. The Kier molecular flexibility index (Phi) is 5.58. The predicted octanol–water partition coefficient (Wildman–Crippen LogP) is 4.42. The smallest absolute Gasteiger partial charge is 0.255 e. The molecule has 0 saturated heterocycles. The van der Waals surface area contributed by atoms with Gasteiger partial charge in [-0.25, -0.2) is 8.78 Å². The van der Waals surface area contributed by atoms with Crippen LogP contribution in [-0.2, 0) is 13.7 Å². The summed E-state index contributed by atoms with van der Waals surface area (Å²) >= 11 is 0. The van der Waals surface area contributed by atoms with Gasteiger partial charge in [-0.05, 0) is 31.5 Å². The second-order valence-electron chi connectivity index (χ2n) is 6.41. The molecular formula is C20H17F4N3O2. The maximum atomic E-state index is 13.6. The third-order valence-corrected chi connectivity index (χ3v) is 4.42. The lowest BCUT2D eigenvalue weighted by atomic mass is 10.1. The van der Waals surface area contributed by atoms with Crippen molar-refractivity contribution in [3.63, 3.8) is 0 Å². The van der Waals surface area contributed by atoms with E-state index in [1.807, 2.05) is 6.92 Å². The number of rotatable bonds is 5. The first-order valence-electron chi connectivity index (χ1n) is 8.55. The van der Waals surface area contributed by atoms with E-state index in [1.165, 1.54) is 24.3 Å². The number of aromatic nitrogens is 2. The van der Waals surface area contributed by atoms with Crippen LogP contribution in [0.15, 0.2) is 30.3 Å². The zero-order chi connectivity index (χ0) is 21.3. The first-order valence-corrected chi connectivity index (χ1v) is 8.55. The van der Waals surface area contributed by atoms with Crippen molar-refractivity contribution in [2.45, 2.75) is 20.5 Å². The molecule has 9 heteroatoms. The highest BCUT2D eigenvalue weighted by atomic mass is 19.2. The Labute approximate surface area is 163 Å². The Morgan fingerprint density at radius 2 is 1.66 bits per heavy atom. The van der Waals surface area contributed by atoms with Crippen molar-refractivity contribution in [2.24, 2.45) is 7.05 Å². The number of carbonyl (C=O) groups is 1. The molecule has 0 unspecified atom stereocenters. The third kappa shape index (κ3) is 4.08. The van der Waals surface area contributed by atoms with Gasteiger partial charge in [-0.15, -0.1) is 0 Å². The van der Waals surface area contributed by atoms with Gasteiger partial charge in [-0.3, -0.25) is 9.48 Å². The van der Waals surface area contributed by atoms with Crippen LogP contribution in [0, 0.1) is 37.1 Å². The lowest BCUT2D eigenvalue weighted by Crippen LogP contribution is -2.13. The fourth-order valence-electron chi connectivity index (χ4n) is 2.73. The molecule has 0 fully saturated rings. The summed E-state index contributed by atoms with van der Waals surface area (Å²) in [5.41, 5.74) is 2.87. The summed E-state index contributed by atoms with van der Waals surface area (Å²) in [6.07, 6.45) is 0. The summed E-state index contributed by atoms with van der Waals surface area (Å²) in [6, 6.07) is 6.10. The van der Waals surface area contributed by atoms with Crippen LogP contribution in [-0.4, -0.2) is 15.7 Å². The van der Waals surface area contributed by atoms with Gasteiger partial charge in [-0.1, -0.05) is 12.1 Å². The van der Waals surface area contributed by atoms with Crippen LogP contribution in [0.3, 0.4) is 0 Å². The minimum Gasteiger partial charge on any atom is -0.483 e. The highest BCUT2D eigenvalue weighted by Crippen LogP contribution is 2.27. The number of aryl methyl sites for hydroxylation is 2. The summed E-state index contributed by atoms with van der Waals surface area (Å²) in [4.78, 5) is 12.4. The van der Waals surface area contributed by atoms with E-state index in [-0.39, 0.29) is 18.6 Å². The largest absolute Gasteiger partial charge is 0.483 e. The molecule has 0 bridgehead atoms. The molecule has 0 radical (unpaired) electrons. The number of carbonyl (C=O) groups excluding carboxylic acids is 1. The minimum atomic E-state index is -1.61. The molecule has 1 heterocycles. The Balaban J connectivity index is 1.70. The lowest BCUT2D eigenvalue weighted by Gasteiger charge is -2.10. The van der Waals surface area contributed by atoms with Crippen LogP contribution in [0.2, 0.25) is 0 Å². The lowest BCUT2D eigenvalue weighted by molar-refractivity contribution is 0.102. The SMILES string of the molecule is Cc1nn(C)c(C)c1NC(=O)c1ccc(COc2c(F)c(F)cc(F)c2F)cc1. The molecule has 1 aromatic heterocycles. The minimum absolute atomic E-state index is 0.108. The average Bonchev–Trinajstić information content (AvgIpc) is 2.93. The van der Waals surface area contributed by atoms with Gasteiger partial charge < -0.3 is 10.1 Å². The van der Waals surface area contributed by atoms with Gasteiger partial charge in [0.1, 0.15) is 6.61 Å². The molecule has 152 valence electrons. The number of ether oxygens (including phenoxy) is 1. The molecule has 1 N–H and O–H groups in total. The number of benzene rings is 2. The molecule has 3 rings (SSSR count). The van der Waals surface area contributed by atoms with E-state index in [0.717, 1.165) is 5.69 Å². The number of hydrogen-bond acceptors (Lipinski definition) is 3. The van der Waals surface area contributed by atoms with Crippen LogP contribution < -0.4 is 10.1 Å². The molecule has 0 aliphatic rings. The van der Waals surface area contributed by atoms with E-state index in [2.05, 4.69) is 10.4 Å². The fourth-order valence-corrected chi connectivity index (χ4v) is 2.73. The normalized spacial score (nSPS) is 10.9. The summed E-state index contributed by atoms with van der Waals surface area (Å²) in [7, 11) is 1.77. The van der Waals surface area contributed by atoms with Crippen molar-refractivity contribution in [2.75, 3.05) is 5.32 Å². The van der Waals surface area contributed by atoms with Crippen molar-refractivity contribution in [1.82, 2.24) is 9.78 Å². The van der Waals surface area contributed by atoms with Crippen LogP contribution >= 0.6 is 0 Å². The second-order valence-corrected chi connectivity index (χ2v) is 6.41. The molecule has 29 heavy (non-hydrogen) atoms. The van der Waals surface area contributed by atoms with E-state index in [1.54, 1.807) is 18.7 Å². The highest BCUT2D eigenvalue weighted by Gasteiger charge is 2.20. The summed E-state index contributed by atoms with van der Waals surface area (Å²) in [6.45, 7) is 3.25. The maximum Gasteiger partial charge on any atom is 0.255 e. The fraction of sp³-hybridized carbons (Fsp3) is 0.200. The van der Waals surface area contributed by atoms with E-state index >= 15 is 0 Å². The molecule has 0 atom stereocenters. The van der Waals surface area contributed by atoms with Crippen molar-refractivity contribution in [3.05, 3.63) is 76.1 Å². The number of amides is 1. The van der Waals surface area contributed by atoms with E-state index in [9.17, 15) is 22.4 Å². The van der Waals surface area contributed by atoms with Crippen LogP contribution in [0.5, 0.6) is 5.75 Å².